The quantitative estimate of drug-likeness (QED) is 0.869. The van der Waals surface area contributed by atoms with Crippen LogP contribution in [0.15, 0.2) is 22.7 Å². The fourth-order valence-electron chi connectivity index (χ4n) is 2.06. The van der Waals surface area contributed by atoms with Crippen molar-refractivity contribution >= 4 is 15.9 Å². The molecule has 2 atom stereocenters. The standard InChI is InChI=1S/C14H22BrFN2/c1-4-10(2)9-18(3)14(8-17)12-7-11(15)5-6-13(12)16/h5-7,10,14H,4,8-9,17H2,1-3H3. The number of benzene rings is 1. The van der Waals surface area contributed by atoms with E-state index < -0.39 is 0 Å². The second-order valence-corrected chi connectivity index (χ2v) is 5.79. The second kappa shape index (κ2) is 7.22. The van der Waals surface area contributed by atoms with E-state index in [1.165, 1.54) is 6.07 Å². The van der Waals surface area contributed by atoms with Gasteiger partial charge in [-0.25, -0.2) is 4.39 Å². The molecule has 1 rings (SSSR count). The van der Waals surface area contributed by atoms with Gasteiger partial charge >= 0.3 is 0 Å². The Labute approximate surface area is 117 Å². The molecular weight excluding hydrogens is 295 g/mol. The van der Waals surface area contributed by atoms with Gasteiger partial charge in [-0.05, 0) is 31.2 Å². The molecule has 0 fully saturated rings. The molecule has 0 heterocycles. The average molecular weight is 317 g/mol. The Morgan fingerprint density at radius 3 is 2.67 bits per heavy atom. The summed E-state index contributed by atoms with van der Waals surface area (Å²) >= 11 is 3.38. The van der Waals surface area contributed by atoms with Crippen LogP contribution < -0.4 is 5.73 Å². The lowest BCUT2D eigenvalue weighted by Crippen LogP contribution is -2.34. The molecule has 102 valence electrons. The lowest BCUT2D eigenvalue weighted by atomic mass is 10.0. The highest BCUT2D eigenvalue weighted by Gasteiger charge is 2.20. The van der Waals surface area contributed by atoms with Gasteiger partial charge in [0.15, 0.2) is 0 Å². The molecular formula is C14H22BrFN2. The molecule has 0 aliphatic rings. The smallest absolute Gasteiger partial charge is 0.128 e. The Kier molecular flexibility index (Phi) is 6.26. The minimum atomic E-state index is -0.190. The zero-order valence-electron chi connectivity index (χ0n) is 11.3. The van der Waals surface area contributed by atoms with E-state index in [9.17, 15) is 4.39 Å². The summed E-state index contributed by atoms with van der Waals surface area (Å²) in [5, 5.41) is 0. The van der Waals surface area contributed by atoms with Crippen LogP contribution in [0.1, 0.15) is 31.9 Å². The summed E-state index contributed by atoms with van der Waals surface area (Å²) in [6, 6.07) is 4.94. The van der Waals surface area contributed by atoms with Crippen molar-refractivity contribution in [1.82, 2.24) is 4.90 Å². The van der Waals surface area contributed by atoms with Crippen LogP contribution in [0, 0.1) is 11.7 Å². The maximum absolute atomic E-state index is 13.9. The summed E-state index contributed by atoms with van der Waals surface area (Å²) in [4.78, 5) is 2.14. The second-order valence-electron chi connectivity index (χ2n) is 4.87. The topological polar surface area (TPSA) is 29.3 Å². The SMILES string of the molecule is CCC(C)CN(C)C(CN)c1cc(Br)ccc1F. The van der Waals surface area contributed by atoms with E-state index in [2.05, 4.69) is 34.7 Å². The number of halogens is 2. The van der Waals surface area contributed by atoms with Crippen LogP contribution in [0.25, 0.3) is 0 Å². The molecule has 0 aliphatic heterocycles. The van der Waals surface area contributed by atoms with Gasteiger partial charge in [0.25, 0.3) is 0 Å². The third kappa shape index (κ3) is 4.04. The first kappa shape index (κ1) is 15.6. The number of nitrogens with two attached hydrogens (primary N) is 1. The van der Waals surface area contributed by atoms with Crippen LogP contribution in [0.3, 0.4) is 0 Å². The number of likely N-dealkylation sites (N-methyl/N-ethyl adjacent to an activating group) is 1. The van der Waals surface area contributed by atoms with Gasteiger partial charge in [-0.1, -0.05) is 36.2 Å². The van der Waals surface area contributed by atoms with E-state index in [-0.39, 0.29) is 11.9 Å². The highest BCUT2D eigenvalue weighted by Crippen LogP contribution is 2.25. The van der Waals surface area contributed by atoms with Crippen molar-refractivity contribution < 1.29 is 4.39 Å². The van der Waals surface area contributed by atoms with Crippen molar-refractivity contribution in [1.29, 1.82) is 0 Å². The maximum atomic E-state index is 13.9. The van der Waals surface area contributed by atoms with Gasteiger partial charge < -0.3 is 5.73 Å². The van der Waals surface area contributed by atoms with Crippen LogP contribution in [-0.2, 0) is 0 Å². The first-order valence-electron chi connectivity index (χ1n) is 6.34. The van der Waals surface area contributed by atoms with Gasteiger partial charge in [0.05, 0.1) is 0 Å². The molecule has 0 aliphatic carbocycles. The predicted molar refractivity (Wildman–Crippen MR) is 78.0 cm³/mol. The molecule has 0 aromatic heterocycles. The molecule has 1 aromatic carbocycles. The number of hydrogen-bond donors (Lipinski definition) is 1. The third-order valence-electron chi connectivity index (χ3n) is 3.37. The van der Waals surface area contributed by atoms with Gasteiger partial charge in [-0.2, -0.15) is 0 Å². The minimum Gasteiger partial charge on any atom is -0.329 e. The molecule has 0 radical (unpaired) electrons. The van der Waals surface area contributed by atoms with Gasteiger partial charge in [-0.3, -0.25) is 4.90 Å². The fraction of sp³-hybridized carbons (Fsp3) is 0.571. The van der Waals surface area contributed by atoms with E-state index in [4.69, 9.17) is 5.73 Å². The Morgan fingerprint density at radius 1 is 1.44 bits per heavy atom. The zero-order valence-corrected chi connectivity index (χ0v) is 12.9. The van der Waals surface area contributed by atoms with E-state index in [0.29, 0.717) is 18.0 Å². The zero-order chi connectivity index (χ0) is 13.7. The lowest BCUT2D eigenvalue weighted by Gasteiger charge is -2.29. The normalized spacial score (nSPS) is 14.8. The maximum Gasteiger partial charge on any atom is 0.128 e. The molecule has 2 unspecified atom stereocenters. The van der Waals surface area contributed by atoms with E-state index in [1.807, 2.05) is 13.1 Å². The summed E-state index contributed by atoms with van der Waals surface area (Å²) in [5.41, 5.74) is 6.48. The van der Waals surface area contributed by atoms with Gasteiger partial charge in [0, 0.05) is 29.2 Å². The van der Waals surface area contributed by atoms with Crippen molar-refractivity contribution in [2.75, 3.05) is 20.1 Å². The summed E-state index contributed by atoms with van der Waals surface area (Å²) in [5.74, 6) is 0.393. The molecule has 2 nitrogen and oxygen atoms in total. The molecule has 2 N–H and O–H groups in total. The Bertz CT molecular complexity index is 384. The van der Waals surface area contributed by atoms with Crippen LogP contribution in [0.5, 0.6) is 0 Å². The molecule has 4 heteroatoms. The molecule has 0 amide bonds. The lowest BCUT2D eigenvalue weighted by molar-refractivity contribution is 0.211. The van der Waals surface area contributed by atoms with Crippen molar-refractivity contribution in [3.8, 4) is 0 Å². The monoisotopic (exact) mass is 316 g/mol. The molecule has 0 bridgehead atoms. The number of hydrogen-bond acceptors (Lipinski definition) is 2. The summed E-state index contributed by atoms with van der Waals surface area (Å²) in [6.07, 6.45) is 1.11. The van der Waals surface area contributed by atoms with Gasteiger partial charge in [0.1, 0.15) is 5.82 Å². The summed E-state index contributed by atoms with van der Waals surface area (Å²) in [7, 11) is 2.00. The van der Waals surface area contributed by atoms with Gasteiger partial charge in [0.2, 0.25) is 0 Å². The molecule has 0 spiro atoms. The van der Waals surface area contributed by atoms with Crippen LogP contribution in [0.4, 0.5) is 4.39 Å². The van der Waals surface area contributed by atoms with E-state index >= 15 is 0 Å². The van der Waals surface area contributed by atoms with Crippen molar-refractivity contribution in [2.45, 2.75) is 26.3 Å². The van der Waals surface area contributed by atoms with Crippen LogP contribution in [-0.4, -0.2) is 25.0 Å². The van der Waals surface area contributed by atoms with Crippen molar-refractivity contribution in [2.24, 2.45) is 11.7 Å². The molecule has 18 heavy (non-hydrogen) atoms. The largest absolute Gasteiger partial charge is 0.329 e. The van der Waals surface area contributed by atoms with Crippen LogP contribution in [0.2, 0.25) is 0 Å². The van der Waals surface area contributed by atoms with Crippen LogP contribution >= 0.6 is 15.9 Å². The Morgan fingerprint density at radius 2 is 2.11 bits per heavy atom. The highest BCUT2D eigenvalue weighted by molar-refractivity contribution is 9.10. The number of rotatable bonds is 6. The van der Waals surface area contributed by atoms with E-state index in [1.54, 1.807) is 6.07 Å². The first-order chi connectivity index (χ1) is 8.49. The Hall–Kier alpha value is -0.450. The fourth-order valence-corrected chi connectivity index (χ4v) is 2.44. The number of nitrogens with zero attached hydrogens (tertiary/aromatic N) is 1. The van der Waals surface area contributed by atoms with Gasteiger partial charge in [-0.15, -0.1) is 0 Å². The summed E-state index contributed by atoms with van der Waals surface area (Å²) in [6.45, 7) is 5.70. The van der Waals surface area contributed by atoms with Crippen molar-refractivity contribution in [3.63, 3.8) is 0 Å². The van der Waals surface area contributed by atoms with E-state index in [0.717, 1.165) is 17.4 Å². The summed E-state index contributed by atoms with van der Waals surface area (Å²) < 4.78 is 14.8. The minimum absolute atomic E-state index is 0.0727. The third-order valence-corrected chi connectivity index (χ3v) is 3.86. The average Bonchev–Trinajstić information content (AvgIpc) is 2.34. The molecule has 0 saturated heterocycles. The first-order valence-corrected chi connectivity index (χ1v) is 7.14. The molecule has 0 saturated carbocycles. The van der Waals surface area contributed by atoms with Crippen molar-refractivity contribution in [3.05, 3.63) is 34.1 Å². The highest BCUT2D eigenvalue weighted by atomic mass is 79.9. The molecule has 1 aromatic rings. The predicted octanol–water partition coefficient (Wildman–Crippen LogP) is 3.57. The Balaban J connectivity index is 2.91.